The first-order chi connectivity index (χ1) is 11.7. The van der Waals surface area contributed by atoms with Crippen molar-refractivity contribution in [2.75, 3.05) is 20.3 Å². The molecule has 2 heterocycles. The lowest BCUT2D eigenvalue weighted by atomic mass is 10.2. The van der Waals surface area contributed by atoms with E-state index in [1.165, 1.54) is 6.08 Å². The van der Waals surface area contributed by atoms with E-state index in [0.29, 0.717) is 29.9 Å². The average molecular weight is 349 g/mol. The quantitative estimate of drug-likeness (QED) is 0.445. The highest BCUT2D eigenvalue weighted by Crippen LogP contribution is 2.08. The van der Waals surface area contributed by atoms with Gasteiger partial charge in [0.05, 0.1) is 18.8 Å². The molecular formula is C16H17ClN4O3. The van der Waals surface area contributed by atoms with Gasteiger partial charge in [0.1, 0.15) is 11.8 Å². The molecule has 0 radical (unpaired) electrons. The van der Waals surface area contributed by atoms with E-state index in [-0.39, 0.29) is 12.5 Å². The maximum absolute atomic E-state index is 11.8. The van der Waals surface area contributed by atoms with Crippen LogP contribution in [-0.2, 0) is 16.1 Å². The second-order valence-electron chi connectivity index (χ2n) is 4.67. The van der Waals surface area contributed by atoms with E-state index in [4.69, 9.17) is 21.1 Å². The molecule has 1 amide bonds. The van der Waals surface area contributed by atoms with Gasteiger partial charge in [-0.25, -0.2) is 4.98 Å². The molecule has 2 rings (SSSR count). The third-order valence-corrected chi connectivity index (χ3v) is 3.06. The highest BCUT2D eigenvalue weighted by molar-refractivity contribution is 6.29. The molecule has 0 unspecified atom stereocenters. The zero-order valence-corrected chi connectivity index (χ0v) is 13.9. The number of ether oxygens (including phenoxy) is 2. The fourth-order valence-corrected chi connectivity index (χ4v) is 1.86. The van der Waals surface area contributed by atoms with Gasteiger partial charge in [-0.05, 0) is 29.8 Å². The molecule has 0 atom stereocenters. The minimum absolute atomic E-state index is 0.245. The summed E-state index contributed by atoms with van der Waals surface area (Å²) in [6.45, 7) is 1.16. The summed E-state index contributed by atoms with van der Waals surface area (Å²) in [5.41, 5.74) is 1.42. The molecule has 126 valence electrons. The number of nitrogens with one attached hydrogen (secondary N) is 1. The Morgan fingerprint density at radius 3 is 2.88 bits per heavy atom. The van der Waals surface area contributed by atoms with Gasteiger partial charge >= 0.3 is 0 Å². The molecule has 2 aromatic heterocycles. The number of carbonyl (C=O) groups excluding carboxylic acids is 1. The van der Waals surface area contributed by atoms with E-state index < -0.39 is 0 Å². The van der Waals surface area contributed by atoms with Crippen molar-refractivity contribution in [3.63, 3.8) is 0 Å². The summed E-state index contributed by atoms with van der Waals surface area (Å²) in [4.78, 5) is 15.7. The zero-order chi connectivity index (χ0) is 17.2. The van der Waals surface area contributed by atoms with Crippen LogP contribution in [0.5, 0.6) is 5.88 Å². The Kier molecular flexibility index (Phi) is 7.13. The maximum Gasteiger partial charge on any atom is 0.244 e. The van der Waals surface area contributed by atoms with Crippen molar-refractivity contribution in [2.45, 2.75) is 6.54 Å². The van der Waals surface area contributed by atoms with E-state index in [1.54, 1.807) is 43.6 Å². The van der Waals surface area contributed by atoms with E-state index >= 15 is 0 Å². The Balaban J connectivity index is 1.79. The predicted octanol–water partition coefficient (Wildman–Crippen LogP) is 1.88. The number of hydrogen-bond acceptors (Lipinski definition) is 6. The largest absolute Gasteiger partial charge is 0.474 e. The molecule has 0 aliphatic heterocycles. The molecule has 0 fully saturated rings. The van der Waals surface area contributed by atoms with Crippen LogP contribution >= 0.6 is 11.6 Å². The Labute approximate surface area is 144 Å². The summed E-state index contributed by atoms with van der Waals surface area (Å²) in [5.74, 6) is 0.168. The van der Waals surface area contributed by atoms with Gasteiger partial charge in [-0.1, -0.05) is 11.6 Å². The number of aromatic nitrogens is 3. The molecular weight excluding hydrogens is 332 g/mol. The van der Waals surface area contributed by atoms with Crippen molar-refractivity contribution in [1.29, 1.82) is 0 Å². The number of hydrogen-bond donors (Lipinski definition) is 1. The summed E-state index contributed by atoms with van der Waals surface area (Å²) in [6, 6.07) is 6.85. The fraction of sp³-hybridized carbons (Fsp3) is 0.250. The number of carbonyl (C=O) groups is 1. The van der Waals surface area contributed by atoms with Crippen molar-refractivity contribution < 1.29 is 14.3 Å². The molecule has 2 aromatic rings. The molecule has 0 aliphatic rings. The number of nitrogens with zero attached hydrogens (tertiary/aromatic N) is 3. The first-order valence-electron chi connectivity index (χ1n) is 7.19. The van der Waals surface area contributed by atoms with Gasteiger partial charge in [-0.15, -0.1) is 5.10 Å². The number of pyridine rings is 1. The Morgan fingerprint density at radius 2 is 2.17 bits per heavy atom. The fourth-order valence-electron chi connectivity index (χ4n) is 1.68. The minimum atomic E-state index is -0.245. The molecule has 0 bridgehead atoms. The Hall–Kier alpha value is -2.51. The van der Waals surface area contributed by atoms with Crippen LogP contribution in [0.4, 0.5) is 0 Å². The summed E-state index contributed by atoms with van der Waals surface area (Å²) < 4.78 is 10.2. The highest BCUT2D eigenvalue weighted by Gasteiger charge is 2.01. The third kappa shape index (κ3) is 6.31. The van der Waals surface area contributed by atoms with Crippen molar-refractivity contribution in [3.8, 4) is 5.88 Å². The second-order valence-corrected chi connectivity index (χ2v) is 5.05. The molecule has 0 saturated heterocycles. The smallest absolute Gasteiger partial charge is 0.244 e. The lowest BCUT2D eigenvalue weighted by molar-refractivity contribution is -0.116. The van der Waals surface area contributed by atoms with Crippen LogP contribution in [0.2, 0.25) is 5.15 Å². The van der Waals surface area contributed by atoms with Crippen LogP contribution in [0.3, 0.4) is 0 Å². The van der Waals surface area contributed by atoms with E-state index in [1.807, 2.05) is 0 Å². The van der Waals surface area contributed by atoms with Crippen LogP contribution in [-0.4, -0.2) is 41.4 Å². The molecule has 1 N–H and O–H groups in total. The van der Waals surface area contributed by atoms with Crippen LogP contribution in [0.25, 0.3) is 6.08 Å². The number of amides is 1. The highest BCUT2D eigenvalue weighted by atomic mass is 35.5. The van der Waals surface area contributed by atoms with Crippen LogP contribution in [0.15, 0.2) is 36.5 Å². The van der Waals surface area contributed by atoms with Gasteiger partial charge in [0.25, 0.3) is 0 Å². The van der Waals surface area contributed by atoms with Crippen molar-refractivity contribution >= 4 is 23.6 Å². The van der Waals surface area contributed by atoms with Gasteiger partial charge in [0.15, 0.2) is 0 Å². The lowest BCUT2D eigenvalue weighted by Gasteiger charge is -2.05. The van der Waals surface area contributed by atoms with E-state index in [2.05, 4.69) is 20.5 Å². The van der Waals surface area contributed by atoms with Gasteiger partial charge in [-0.3, -0.25) is 4.79 Å². The van der Waals surface area contributed by atoms with Crippen LogP contribution in [0, 0.1) is 0 Å². The topological polar surface area (TPSA) is 86.2 Å². The number of rotatable bonds is 8. The second kappa shape index (κ2) is 9.59. The summed E-state index contributed by atoms with van der Waals surface area (Å²) in [7, 11) is 1.60. The minimum Gasteiger partial charge on any atom is -0.474 e. The standard InChI is InChI=1S/C16H17ClN4O3/c1-23-8-9-24-16-5-3-13(20-21-16)11-19-15(22)4-2-12-6-7-18-14(17)10-12/h2-7,10H,8-9,11H2,1H3,(H,19,22). The van der Waals surface area contributed by atoms with Crippen molar-refractivity contribution in [1.82, 2.24) is 20.5 Å². The number of methoxy groups -OCH3 is 1. The first-order valence-corrected chi connectivity index (χ1v) is 7.57. The molecule has 7 nitrogen and oxygen atoms in total. The Bertz CT molecular complexity index is 692. The molecule has 0 aromatic carbocycles. The first kappa shape index (κ1) is 17.8. The SMILES string of the molecule is COCCOc1ccc(CNC(=O)C=Cc2ccnc(Cl)c2)nn1. The van der Waals surface area contributed by atoms with Gasteiger partial charge in [0, 0.05) is 25.4 Å². The summed E-state index contributed by atoms with van der Waals surface area (Å²) in [6.07, 6.45) is 4.65. The van der Waals surface area contributed by atoms with Crippen LogP contribution in [0.1, 0.15) is 11.3 Å². The van der Waals surface area contributed by atoms with Crippen LogP contribution < -0.4 is 10.1 Å². The summed E-state index contributed by atoms with van der Waals surface area (Å²) in [5, 5.41) is 11.0. The van der Waals surface area contributed by atoms with Crippen molar-refractivity contribution in [3.05, 3.63) is 52.9 Å². The molecule has 0 spiro atoms. The maximum atomic E-state index is 11.8. The summed E-state index contributed by atoms with van der Waals surface area (Å²) >= 11 is 5.78. The average Bonchev–Trinajstić information content (AvgIpc) is 2.59. The lowest BCUT2D eigenvalue weighted by Crippen LogP contribution is -2.21. The zero-order valence-electron chi connectivity index (χ0n) is 13.1. The van der Waals surface area contributed by atoms with E-state index in [0.717, 1.165) is 5.56 Å². The van der Waals surface area contributed by atoms with Gasteiger partial charge < -0.3 is 14.8 Å². The predicted molar refractivity (Wildman–Crippen MR) is 89.5 cm³/mol. The van der Waals surface area contributed by atoms with Gasteiger partial charge in [0.2, 0.25) is 11.8 Å². The third-order valence-electron chi connectivity index (χ3n) is 2.85. The molecule has 0 aliphatic carbocycles. The monoisotopic (exact) mass is 348 g/mol. The van der Waals surface area contributed by atoms with Gasteiger partial charge in [-0.2, -0.15) is 5.10 Å². The van der Waals surface area contributed by atoms with E-state index in [9.17, 15) is 4.79 Å². The van der Waals surface area contributed by atoms with Crippen molar-refractivity contribution in [2.24, 2.45) is 0 Å². The number of halogens is 1. The molecule has 24 heavy (non-hydrogen) atoms. The molecule has 8 heteroatoms. The Morgan fingerprint density at radius 1 is 1.29 bits per heavy atom. The normalized spacial score (nSPS) is 10.8. The molecule has 0 saturated carbocycles.